The van der Waals surface area contributed by atoms with Crippen molar-refractivity contribution in [2.75, 3.05) is 18.3 Å². The number of amides is 1. The van der Waals surface area contributed by atoms with Crippen LogP contribution in [-0.2, 0) is 11.8 Å². The second-order valence-electron chi connectivity index (χ2n) is 9.03. The van der Waals surface area contributed by atoms with Gasteiger partial charge in [0.2, 0.25) is 17.7 Å². The number of alkyl halides is 1. The summed E-state index contributed by atoms with van der Waals surface area (Å²) in [6, 6.07) is 8.17. The summed E-state index contributed by atoms with van der Waals surface area (Å²) in [6.45, 7) is 2.06. The third-order valence-electron chi connectivity index (χ3n) is 6.30. The molecule has 3 aromatic heterocycles. The molecule has 0 saturated heterocycles. The maximum absolute atomic E-state index is 12.1. The van der Waals surface area contributed by atoms with Gasteiger partial charge < -0.3 is 15.4 Å². The van der Waals surface area contributed by atoms with Crippen LogP contribution in [0.1, 0.15) is 32.6 Å². The second kappa shape index (κ2) is 8.75. The Morgan fingerprint density at radius 1 is 1.32 bits per heavy atom. The molecule has 1 fully saturated rings. The molecule has 4 aromatic rings. The van der Waals surface area contributed by atoms with E-state index >= 15 is 0 Å². The lowest BCUT2D eigenvalue weighted by molar-refractivity contribution is -0.123. The van der Waals surface area contributed by atoms with E-state index in [0.29, 0.717) is 30.5 Å². The quantitative estimate of drug-likeness (QED) is 0.371. The second-order valence-corrected chi connectivity index (χ2v) is 9.41. The van der Waals surface area contributed by atoms with Gasteiger partial charge in [-0.25, -0.2) is 9.20 Å². The molecule has 0 spiro atoms. The summed E-state index contributed by atoms with van der Waals surface area (Å²) < 4.78 is 9.17. The van der Waals surface area contributed by atoms with E-state index in [-0.39, 0.29) is 17.5 Å². The molecule has 0 atom stereocenters. The SMILES string of the molecule is COc1nc(NC2CC(C)(NC(=O)CCCCl)C2)nn2ccc(-c3ccc4nnn(C)c4c3)c12. The van der Waals surface area contributed by atoms with Crippen LogP contribution in [0.4, 0.5) is 5.95 Å². The number of halogens is 1. The third kappa shape index (κ3) is 4.13. The average molecular weight is 483 g/mol. The van der Waals surface area contributed by atoms with Gasteiger partial charge in [0.25, 0.3) is 0 Å². The standard InChI is InChI=1S/C23H27ClN8O2/c1-23(27-19(33)5-4-9-24)12-15(13-23)25-22-26-21(34-3)20-16(8-10-32(20)29-22)14-6-7-17-18(11-14)31(2)30-28-17/h6-8,10-11,15H,4-5,9,12-13H2,1-3H3,(H,25,29)(H,27,33). The Morgan fingerprint density at radius 3 is 2.91 bits per heavy atom. The lowest BCUT2D eigenvalue weighted by Gasteiger charge is -2.45. The molecule has 1 amide bonds. The minimum Gasteiger partial charge on any atom is -0.479 e. The monoisotopic (exact) mass is 482 g/mol. The Hall–Kier alpha value is -3.40. The molecule has 2 N–H and O–H groups in total. The van der Waals surface area contributed by atoms with Gasteiger partial charge in [0.1, 0.15) is 11.0 Å². The first-order valence-corrected chi connectivity index (χ1v) is 11.8. The predicted molar refractivity (Wildman–Crippen MR) is 130 cm³/mol. The Balaban J connectivity index is 1.35. The predicted octanol–water partition coefficient (Wildman–Crippen LogP) is 3.15. The number of benzene rings is 1. The van der Waals surface area contributed by atoms with Crippen LogP contribution < -0.4 is 15.4 Å². The zero-order valence-electron chi connectivity index (χ0n) is 19.4. The third-order valence-corrected chi connectivity index (χ3v) is 6.57. The normalized spacial score (nSPS) is 19.8. The van der Waals surface area contributed by atoms with Gasteiger partial charge in [-0.1, -0.05) is 11.3 Å². The van der Waals surface area contributed by atoms with Gasteiger partial charge in [-0.2, -0.15) is 4.98 Å². The molecule has 0 aliphatic heterocycles. The van der Waals surface area contributed by atoms with Crippen molar-refractivity contribution in [2.24, 2.45) is 7.05 Å². The molecule has 1 aromatic carbocycles. The zero-order valence-corrected chi connectivity index (χ0v) is 20.1. The van der Waals surface area contributed by atoms with Crippen molar-refractivity contribution in [3.05, 3.63) is 30.5 Å². The number of ether oxygens (including phenoxy) is 1. The summed E-state index contributed by atoms with van der Waals surface area (Å²) in [4.78, 5) is 16.7. The smallest absolute Gasteiger partial charge is 0.244 e. The molecule has 0 bridgehead atoms. The van der Waals surface area contributed by atoms with Crippen molar-refractivity contribution < 1.29 is 9.53 Å². The van der Waals surface area contributed by atoms with Crippen LogP contribution in [0.25, 0.3) is 27.7 Å². The van der Waals surface area contributed by atoms with E-state index in [1.54, 1.807) is 16.3 Å². The molecule has 1 aliphatic carbocycles. The zero-order chi connectivity index (χ0) is 23.9. The summed E-state index contributed by atoms with van der Waals surface area (Å²) >= 11 is 5.68. The Bertz CT molecular complexity index is 1360. The maximum Gasteiger partial charge on any atom is 0.244 e. The van der Waals surface area contributed by atoms with Crippen molar-refractivity contribution in [3.63, 3.8) is 0 Å². The molecule has 0 unspecified atom stereocenters. The van der Waals surface area contributed by atoms with Gasteiger partial charge in [-0.15, -0.1) is 21.8 Å². The van der Waals surface area contributed by atoms with Crippen molar-refractivity contribution in [1.29, 1.82) is 0 Å². The Morgan fingerprint density at radius 2 is 2.15 bits per heavy atom. The first-order chi connectivity index (χ1) is 16.4. The highest BCUT2D eigenvalue weighted by atomic mass is 35.5. The average Bonchev–Trinajstić information content (AvgIpc) is 3.39. The Kier molecular flexibility index (Phi) is 5.76. The van der Waals surface area contributed by atoms with Gasteiger partial charge in [-0.3, -0.25) is 4.79 Å². The van der Waals surface area contributed by atoms with Gasteiger partial charge in [0.15, 0.2) is 0 Å². The number of nitrogens with zero attached hydrogens (tertiary/aromatic N) is 6. The van der Waals surface area contributed by atoms with E-state index in [1.807, 2.05) is 37.5 Å². The number of anilines is 1. The maximum atomic E-state index is 12.1. The lowest BCUT2D eigenvalue weighted by atomic mass is 9.74. The van der Waals surface area contributed by atoms with Crippen LogP contribution in [0.3, 0.4) is 0 Å². The number of methoxy groups -OCH3 is 1. The number of aryl methyl sites for hydroxylation is 1. The number of carbonyl (C=O) groups excluding carboxylic acids is 1. The Labute approximate surface area is 201 Å². The number of hydrogen-bond acceptors (Lipinski definition) is 7. The fourth-order valence-electron chi connectivity index (χ4n) is 4.67. The fourth-order valence-corrected chi connectivity index (χ4v) is 4.80. The highest BCUT2D eigenvalue weighted by Crippen LogP contribution is 2.36. The van der Waals surface area contributed by atoms with Gasteiger partial charge in [-0.05, 0) is 49.9 Å². The summed E-state index contributed by atoms with van der Waals surface area (Å²) in [5, 5.41) is 19.4. The number of carbonyl (C=O) groups is 1. The van der Waals surface area contributed by atoms with Crippen molar-refractivity contribution in [1.82, 2.24) is 34.9 Å². The van der Waals surface area contributed by atoms with E-state index in [0.717, 1.165) is 40.5 Å². The highest BCUT2D eigenvalue weighted by molar-refractivity contribution is 6.17. The van der Waals surface area contributed by atoms with Crippen LogP contribution in [0.15, 0.2) is 30.5 Å². The van der Waals surface area contributed by atoms with Crippen LogP contribution in [0.5, 0.6) is 5.88 Å². The molecule has 1 aliphatic rings. The molecule has 178 valence electrons. The number of hydrogen-bond donors (Lipinski definition) is 2. The number of fused-ring (bicyclic) bond motifs is 2. The van der Waals surface area contributed by atoms with Crippen LogP contribution in [-0.4, -0.2) is 60.1 Å². The number of aromatic nitrogens is 6. The highest BCUT2D eigenvalue weighted by Gasteiger charge is 2.41. The minimum atomic E-state index is -0.227. The summed E-state index contributed by atoms with van der Waals surface area (Å²) in [5.74, 6) is 1.50. The molecular weight excluding hydrogens is 456 g/mol. The molecule has 1 saturated carbocycles. The van der Waals surface area contributed by atoms with Crippen LogP contribution in [0, 0.1) is 0 Å². The first kappa shape index (κ1) is 22.4. The number of nitrogens with one attached hydrogen (secondary N) is 2. The molecule has 10 nitrogen and oxygen atoms in total. The molecule has 5 rings (SSSR count). The molecule has 0 radical (unpaired) electrons. The topological polar surface area (TPSA) is 111 Å². The van der Waals surface area contributed by atoms with E-state index in [9.17, 15) is 4.79 Å². The van der Waals surface area contributed by atoms with Crippen molar-refractivity contribution >= 4 is 40.0 Å². The molecular formula is C23H27ClN8O2. The van der Waals surface area contributed by atoms with Gasteiger partial charge in [0, 0.05) is 42.7 Å². The summed E-state index contributed by atoms with van der Waals surface area (Å²) in [6.07, 6.45) is 4.62. The van der Waals surface area contributed by atoms with Crippen molar-refractivity contribution in [3.8, 4) is 17.0 Å². The van der Waals surface area contributed by atoms with E-state index in [2.05, 4.69) is 38.0 Å². The summed E-state index contributed by atoms with van der Waals surface area (Å²) in [7, 11) is 3.48. The first-order valence-electron chi connectivity index (χ1n) is 11.3. The van der Waals surface area contributed by atoms with Crippen LogP contribution >= 0.6 is 11.6 Å². The summed E-state index contributed by atoms with van der Waals surface area (Å²) in [5.41, 5.74) is 4.30. The van der Waals surface area contributed by atoms with Gasteiger partial charge >= 0.3 is 0 Å². The largest absolute Gasteiger partial charge is 0.479 e. The van der Waals surface area contributed by atoms with E-state index in [4.69, 9.17) is 16.3 Å². The molecule has 34 heavy (non-hydrogen) atoms. The van der Waals surface area contributed by atoms with E-state index < -0.39 is 0 Å². The van der Waals surface area contributed by atoms with Gasteiger partial charge in [0.05, 0.1) is 12.6 Å². The fraction of sp³-hybridized carbons (Fsp3) is 0.435. The number of rotatable bonds is 8. The molecule has 3 heterocycles. The van der Waals surface area contributed by atoms with E-state index in [1.165, 1.54) is 0 Å². The molecule has 11 heteroatoms. The van der Waals surface area contributed by atoms with Crippen molar-refractivity contribution in [2.45, 2.75) is 44.2 Å². The lowest BCUT2D eigenvalue weighted by Crippen LogP contribution is -2.59. The minimum absolute atomic E-state index is 0.0425. The van der Waals surface area contributed by atoms with Crippen LogP contribution in [0.2, 0.25) is 0 Å².